The molecule has 1 aliphatic rings. The molecule has 0 unspecified atom stereocenters. The summed E-state index contributed by atoms with van der Waals surface area (Å²) in [6, 6.07) is 8.29. The molecule has 1 aromatic carbocycles. The second kappa shape index (κ2) is 4.34. The number of carbonyl (C=O) groups excluding carboxylic acids is 1. The predicted molar refractivity (Wildman–Crippen MR) is 61.0 cm³/mol. The fourth-order valence-corrected chi connectivity index (χ4v) is 2.00. The molecule has 1 aliphatic heterocycles. The zero-order chi connectivity index (χ0) is 10.7. The number of para-hydroxylation sites is 1. The first kappa shape index (κ1) is 10.0. The summed E-state index contributed by atoms with van der Waals surface area (Å²) in [5.74, 6) is 0.106. The van der Waals surface area contributed by atoms with Gasteiger partial charge in [0.05, 0.1) is 6.54 Å². The van der Waals surface area contributed by atoms with Crippen molar-refractivity contribution in [2.45, 2.75) is 13.3 Å². The number of fused-ring (bicyclic) bond motifs is 1. The Morgan fingerprint density at radius 1 is 1.47 bits per heavy atom. The third-order valence-electron chi connectivity index (χ3n) is 2.69. The van der Waals surface area contributed by atoms with E-state index in [2.05, 4.69) is 28.4 Å². The molecule has 15 heavy (non-hydrogen) atoms. The lowest BCUT2D eigenvalue weighted by atomic mass is 10.2. The molecule has 2 rings (SSSR count). The Bertz CT molecular complexity index is 362. The molecule has 0 radical (unpaired) electrons. The van der Waals surface area contributed by atoms with Crippen LogP contribution in [0.15, 0.2) is 24.3 Å². The summed E-state index contributed by atoms with van der Waals surface area (Å²) in [5.41, 5.74) is 2.56. The number of nitrogens with zero attached hydrogens (tertiary/aromatic N) is 1. The van der Waals surface area contributed by atoms with Crippen molar-refractivity contribution in [3.05, 3.63) is 29.8 Å². The highest BCUT2D eigenvalue weighted by Crippen LogP contribution is 2.26. The fourth-order valence-electron chi connectivity index (χ4n) is 2.00. The van der Waals surface area contributed by atoms with E-state index in [-0.39, 0.29) is 5.91 Å². The maximum Gasteiger partial charge on any atom is 0.239 e. The summed E-state index contributed by atoms with van der Waals surface area (Å²) in [6.07, 6.45) is 1.05. The predicted octanol–water partition coefficient (Wildman–Crippen LogP) is 1.19. The van der Waals surface area contributed by atoms with Crippen molar-refractivity contribution in [1.82, 2.24) is 5.32 Å². The summed E-state index contributed by atoms with van der Waals surface area (Å²) < 4.78 is 0. The van der Waals surface area contributed by atoms with Crippen LogP contribution in [0.25, 0.3) is 0 Å². The number of hydrogen-bond acceptors (Lipinski definition) is 2. The number of hydrogen-bond donors (Lipinski definition) is 1. The monoisotopic (exact) mass is 204 g/mol. The van der Waals surface area contributed by atoms with Crippen LogP contribution in [0, 0.1) is 0 Å². The van der Waals surface area contributed by atoms with Gasteiger partial charge in [-0.05, 0) is 25.0 Å². The van der Waals surface area contributed by atoms with Gasteiger partial charge in [-0.15, -0.1) is 0 Å². The van der Waals surface area contributed by atoms with E-state index in [4.69, 9.17) is 0 Å². The lowest BCUT2D eigenvalue weighted by Crippen LogP contribution is -2.36. The number of anilines is 1. The first-order valence-corrected chi connectivity index (χ1v) is 5.41. The first-order chi connectivity index (χ1) is 7.31. The van der Waals surface area contributed by atoms with E-state index < -0.39 is 0 Å². The number of likely N-dealkylation sites (N-methyl/N-ethyl adjacent to an activating group) is 1. The zero-order valence-electron chi connectivity index (χ0n) is 8.99. The van der Waals surface area contributed by atoms with E-state index in [1.807, 2.05) is 13.0 Å². The minimum absolute atomic E-state index is 0.106. The standard InChI is InChI=1S/C12H16N2O/c1-2-13-12(15)9-14-8-7-10-5-3-4-6-11(10)14/h3-6H,2,7-9H2,1H3,(H,13,15). The van der Waals surface area contributed by atoms with Crippen LogP contribution in [0.1, 0.15) is 12.5 Å². The molecule has 3 heteroatoms. The van der Waals surface area contributed by atoms with E-state index in [1.54, 1.807) is 0 Å². The molecule has 1 amide bonds. The van der Waals surface area contributed by atoms with Gasteiger partial charge in [0.25, 0.3) is 0 Å². The van der Waals surface area contributed by atoms with Gasteiger partial charge in [0, 0.05) is 18.8 Å². The van der Waals surface area contributed by atoms with Gasteiger partial charge in [-0.25, -0.2) is 0 Å². The zero-order valence-corrected chi connectivity index (χ0v) is 8.99. The number of carbonyl (C=O) groups is 1. The van der Waals surface area contributed by atoms with E-state index in [0.717, 1.165) is 13.0 Å². The van der Waals surface area contributed by atoms with Crippen molar-refractivity contribution >= 4 is 11.6 Å². The van der Waals surface area contributed by atoms with Crippen molar-refractivity contribution in [2.75, 3.05) is 24.5 Å². The molecule has 0 atom stereocenters. The van der Waals surface area contributed by atoms with Crippen molar-refractivity contribution in [3.63, 3.8) is 0 Å². The smallest absolute Gasteiger partial charge is 0.239 e. The molecule has 0 bridgehead atoms. The average molecular weight is 204 g/mol. The molecular weight excluding hydrogens is 188 g/mol. The maximum atomic E-state index is 11.5. The highest BCUT2D eigenvalue weighted by molar-refractivity contribution is 5.82. The fraction of sp³-hybridized carbons (Fsp3) is 0.417. The molecule has 1 heterocycles. The molecule has 0 aliphatic carbocycles. The maximum absolute atomic E-state index is 11.5. The van der Waals surface area contributed by atoms with Crippen LogP contribution in [-0.2, 0) is 11.2 Å². The van der Waals surface area contributed by atoms with Gasteiger partial charge < -0.3 is 10.2 Å². The Morgan fingerprint density at radius 2 is 2.27 bits per heavy atom. The van der Waals surface area contributed by atoms with Gasteiger partial charge in [-0.1, -0.05) is 18.2 Å². The van der Waals surface area contributed by atoms with Crippen molar-refractivity contribution < 1.29 is 4.79 Å². The molecule has 1 aromatic rings. The normalized spacial score (nSPS) is 13.8. The Kier molecular flexibility index (Phi) is 2.90. The molecule has 0 saturated heterocycles. The lowest BCUT2D eigenvalue weighted by Gasteiger charge is -2.18. The Morgan fingerprint density at radius 3 is 3.07 bits per heavy atom. The van der Waals surface area contributed by atoms with E-state index in [0.29, 0.717) is 13.1 Å². The van der Waals surface area contributed by atoms with Crippen LogP contribution in [0.2, 0.25) is 0 Å². The largest absolute Gasteiger partial charge is 0.362 e. The summed E-state index contributed by atoms with van der Waals surface area (Å²) in [6.45, 7) is 4.07. The Labute approximate surface area is 90.1 Å². The van der Waals surface area contributed by atoms with Crippen molar-refractivity contribution in [1.29, 1.82) is 0 Å². The van der Waals surface area contributed by atoms with E-state index >= 15 is 0 Å². The highest BCUT2D eigenvalue weighted by atomic mass is 16.2. The van der Waals surface area contributed by atoms with Gasteiger partial charge in [0.2, 0.25) is 5.91 Å². The third kappa shape index (κ3) is 2.12. The second-order valence-corrected chi connectivity index (χ2v) is 3.75. The molecule has 1 N–H and O–H groups in total. The minimum Gasteiger partial charge on any atom is -0.362 e. The second-order valence-electron chi connectivity index (χ2n) is 3.75. The van der Waals surface area contributed by atoms with E-state index in [1.165, 1.54) is 11.3 Å². The number of rotatable bonds is 3. The van der Waals surface area contributed by atoms with Crippen LogP contribution in [-0.4, -0.2) is 25.5 Å². The quantitative estimate of drug-likeness (QED) is 0.802. The summed E-state index contributed by atoms with van der Waals surface area (Å²) in [4.78, 5) is 13.6. The first-order valence-electron chi connectivity index (χ1n) is 5.41. The van der Waals surface area contributed by atoms with Crippen LogP contribution in [0.3, 0.4) is 0 Å². The molecule has 0 fully saturated rings. The van der Waals surface area contributed by atoms with Gasteiger partial charge >= 0.3 is 0 Å². The van der Waals surface area contributed by atoms with Crippen LogP contribution < -0.4 is 10.2 Å². The van der Waals surface area contributed by atoms with Crippen LogP contribution in [0.4, 0.5) is 5.69 Å². The van der Waals surface area contributed by atoms with Crippen LogP contribution >= 0.6 is 0 Å². The molecule has 0 aromatic heterocycles. The SMILES string of the molecule is CCNC(=O)CN1CCc2ccccc21. The number of nitrogens with one attached hydrogen (secondary N) is 1. The van der Waals surface area contributed by atoms with Gasteiger partial charge in [0.1, 0.15) is 0 Å². The van der Waals surface area contributed by atoms with Crippen molar-refractivity contribution in [2.24, 2.45) is 0 Å². The third-order valence-corrected chi connectivity index (χ3v) is 2.69. The summed E-state index contributed by atoms with van der Waals surface area (Å²) in [7, 11) is 0. The highest BCUT2D eigenvalue weighted by Gasteiger charge is 2.19. The van der Waals surface area contributed by atoms with Gasteiger partial charge in [-0.2, -0.15) is 0 Å². The summed E-state index contributed by atoms with van der Waals surface area (Å²) in [5, 5.41) is 2.82. The Balaban J connectivity index is 2.04. The minimum atomic E-state index is 0.106. The van der Waals surface area contributed by atoms with Crippen LogP contribution in [0.5, 0.6) is 0 Å². The van der Waals surface area contributed by atoms with E-state index in [9.17, 15) is 4.79 Å². The number of amides is 1. The van der Waals surface area contributed by atoms with Crippen molar-refractivity contribution in [3.8, 4) is 0 Å². The molecule has 0 saturated carbocycles. The molecule has 3 nitrogen and oxygen atoms in total. The summed E-state index contributed by atoms with van der Waals surface area (Å²) >= 11 is 0. The number of benzene rings is 1. The van der Waals surface area contributed by atoms with Gasteiger partial charge in [0.15, 0.2) is 0 Å². The lowest BCUT2D eigenvalue weighted by molar-refractivity contribution is -0.119. The molecule has 0 spiro atoms. The Hall–Kier alpha value is -1.51. The molecular formula is C12H16N2O. The average Bonchev–Trinajstić information content (AvgIpc) is 2.62. The molecule has 80 valence electrons. The topological polar surface area (TPSA) is 32.3 Å². The van der Waals surface area contributed by atoms with Gasteiger partial charge in [-0.3, -0.25) is 4.79 Å².